The predicted molar refractivity (Wildman–Crippen MR) is 70.1 cm³/mol. The van der Waals surface area contributed by atoms with Crippen LogP contribution in [0.2, 0.25) is 0 Å². The van der Waals surface area contributed by atoms with Crippen LogP contribution in [-0.2, 0) is 4.74 Å². The quantitative estimate of drug-likeness (QED) is 0.729. The Morgan fingerprint density at radius 3 is 2.06 bits per heavy atom. The Labute approximate surface area is 106 Å². The molecule has 3 nitrogen and oxygen atoms in total. The third-order valence-corrected chi connectivity index (χ3v) is 3.65. The minimum atomic E-state index is -0.102. The number of carbonyl (C=O) groups excluding carboxylic acids is 1. The van der Waals surface area contributed by atoms with E-state index >= 15 is 0 Å². The highest BCUT2D eigenvalue weighted by molar-refractivity contribution is 5.69. The molecule has 1 heterocycles. The van der Waals surface area contributed by atoms with E-state index in [2.05, 4.69) is 27.7 Å². The van der Waals surface area contributed by atoms with Gasteiger partial charge in [0.1, 0.15) is 6.10 Å². The molecule has 2 unspecified atom stereocenters. The number of ether oxygens (including phenoxy) is 1. The normalized spacial score (nSPS) is 24.4. The summed E-state index contributed by atoms with van der Waals surface area (Å²) in [5.74, 6) is 0. The van der Waals surface area contributed by atoms with Crippen LogP contribution in [0, 0.1) is 0 Å². The van der Waals surface area contributed by atoms with Gasteiger partial charge >= 0.3 is 6.09 Å². The van der Waals surface area contributed by atoms with E-state index in [1.54, 1.807) is 0 Å². The lowest BCUT2D eigenvalue weighted by molar-refractivity contribution is 0.0451. The first kappa shape index (κ1) is 14.3. The lowest BCUT2D eigenvalue weighted by atomic mass is 10.1. The van der Waals surface area contributed by atoms with Gasteiger partial charge in [0.15, 0.2) is 0 Å². The van der Waals surface area contributed by atoms with Crippen LogP contribution < -0.4 is 0 Å². The van der Waals surface area contributed by atoms with Crippen LogP contribution in [0.15, 0.2) is 0 Å². The molecule has 0 radical (unpaired) electrons. The Morgan fingerprint density at radius 1 is 1.18 bits per heavy atom. The molecule has 1 amide bonds. The van der Waals surface area contributed by atoms with E-state index in [9.17, 15) is 4.79 Å². The van der Waals surface area contributed by atoms with E-state index in [0.717, 1.165) is 38.5 Å². The lowest BCUT2D eigenvalue weighted by Crippen LogP contribution is -2.40. The van der Waals surface area contributed by atoms with Gasteiger partial charge < -0.3 is 9.64 Å². The number of amides is 1. The lowest BCUT2D eigenvalue weighted by Gasteiger charge is -2.28. The first-order valence-corrected chi connectivity index (χ1v) is 7.09. The van der Waals surface area contributed by atoms with Crippen LogP contribution >= 0.6 is 0 Å². The number of hydrogen-bond acceptors (Lipinski definition) is 2. The second kappa shape index (κ2) is 6.87. The average Bonchev–Trinajstić information content (AvgIpc) is 2.59. The van der Waals surface area contributed by atoms with Gasteiger partial charge in [-0.15, -0.1) is 0 Å². The Balaban J connectivity index is 2.50. The van der Waals surface area contributed by atoms with Gasteiger partial charge in [0.2, 0.25) is 0 Å². The van der Waals surface area contributed by atoms with E-state index in [1.807, 2.05) is 4.90 Å². The Hall–Kier alpha value is -0.730. The smallest absolute Gasteiger partial charge is 0.410 e. The molecule has 1 fully saturated rings. The molecule has 3 heteroatoms. The molecular formula is C14H27NO2. The van der Waals surface area contributed by atoms with E-state index in [4.69, 9.17) is 4.74 Å². The van der Waals surface area contributed by atoms with Crippen LogP contribution in [0.25, 0.3) is 0 Å². The van der Waals surface area contributed by atoms with Crippen molar-refractivity contribution >= 4 is 6.09 Å². The van der Waals surface area contributed by atoms with Gasteiger partial charge in [-0.1, -0.05) is 26.7 Å². The number of hydrogen-bond donors (Lipinski definition) is 0. The SMILES string of the molecule is CCCC(CCC)OC(=O)N1C(C)CCC1C. The summed E-state index contributed by atoms with van der Waals surface area (Å²) in [7, 11) is 0. The minimum absolute atomic E-state index is 0.102. The summed E-state index contributed by atoms with van der Waals surface area (Å²) in [6.45, 7) is 8.49. The van der Waals surface area contributed by atoms with Crippen LogP contribution in [0.3, 0.4) is 0 Å². The zero-order valence-electron chi connectivity index (χ0n) is 11.7. The fourth-order valence-corrected chi connectivity index (χ4v) is 2.66. The van der Waals surface area contributed by atoms with Crippen molar-refractivity contribution in [2.45, 2.75) is 84.4 Å². The molecule has 0 aromatic heterocycles. The summed E-state index contributed by atoms with van der Waals surface area (Å²) in [6.07, 6.45) is 6.32. The van der Waals surface area contributed by atoms with Crippen LogP contribution in [0.5, 0.6) is 0 Å². The van der Waals surface area contributed by atoms with Crippen LogP contribution in [0.4, 0.5) is 4.79 Å². The van der Waals surface area contributed by atoms with Gasteiger partial charge in [-0.3, -0.25) is 0 Å². The maximum Gasteiger partial charge on any atom is 0.410 e. The largest absolute Gasteiger partial charge is 0.446 e. The first-order chi connectivity index (χ1) is 8.10. The molecular weight excluding hydrogens is 214 g/mol. The summed E-state index contributed by atoms with van der Waals surface area (Å²) in [4.78, 5) is 14.0. The number of likely N-dealkylation sites (tertiary alicyclic amines) is 1. The summed E-state index contributed by atoms with van der Waals surface area (Å²) in [6, 6.07) is 0.669. The molecule has 0 N–H and O–H groups in total. The van der Waals surface area contributed by atoms with E-state index < -0.39 is 0 Å². The van der Waals surface area contributed by atoms with Gasteiger partial charge in [-0.2, -0.15) is 0 Å². The highest BCUT2D eigenvalue weighted by Gasteiger charge is 2.33. The molecule has 2 atom stereocenters. The second-order valence-electron chi connectivity index (χ2n) is 5.27. The minimum Gasteiger partial charge on any atom is -0.446 e. The van der Waals surface area contributed by atoms with Crippen molar-refractivity contribution in [3.63, 3.8) is 0 Å². The molecule has 1 saturated heterocycles. The van der Waals surface area contributed by atoms with Crippen molar-refractivity contribution in [1.29, 1.82) is 0 Å². The maximum atomic E-state index is 12.1. The molecule has 0 bridgehead atoms. The molecule has 1 aliphatic rings. The Kier molecular flexibility index (Phi) is 5.79. The van der Waals surface area contributed by atoms with E-state index in [1.165, 1.54) is 0 Å². The molecule has 0 saturated carbocycles. The van der Waals surface area contributed by atoms with Gasteiger partial charge in [0.05, 0.1) is 0 Å². The molecule has 0 aromatic rings. The first-order valence-electron chi connectivity index (χ1n) is 7.09. The van der Waals surface area contributed by atoms with Gasteiger partial charge in [-0.05, 0) is 39.5 Å². The maximum absolute atomic E-state index is 12.1. The predicted octanol–water partition coefficient (Wildman–Crippen LogP) is 3.96. The molecule has 1 rings (SSSR count). The highest BCUT2D eigenvalue weighted by atomic mass is 16.6. The Bertz CT molecular complexity index is 226. The summed E-state index contributed by atoms with van der Waals surface area (Å²) in [5, 5.41) is 0. The number of rotatable bonds is 5. The Morgan fingerprint density at radius 2 is 1.65 bits per heavy atom. The van der Waals surface area contributed by atoms with E-state index in [0.29, 0.717) is 12.1 Å². The number of nitrogens with zero attached hydrogens (tertiary/aromatic N) is 1. The third kappa shape index (κ3) is 3.90. The van der Waals surface area contributed by atoms with Crippen LogP contribution in [-0.4, -0.2) is 29.2 Å². The van der Waals surface area contributed by atoms with Gasteiger partial charge in [-0.25, -0.2) is 4.79 Å². The molecule has 0 aliphatic carbocycles. The molecule has 0 aromatic carbocycles. The fourth-order valence-electron chi connectivity index (χ4n) is 2.66. The van der Waals surface area contributed by atoms with Crippen molar-refractivity contribution < 1.29 is 9.53 Å². The highest BCUT2D eigenvalue weighted by Crippen LogP contribution is 2.25. The van der Waals surface area contributed by atoms with Crippen molar-refractivity contribution in [3.05, 3.63) is 0 Å². The zero-order valence-corrected chi connectivity index (χ0v) is 11.7. The topological polar surface area (TPSA) is 29.5 Å². The van der Waals surface area contributed by atoms with Gasteiger partial charge in [0.25, 0.3) is 0 Å². The van der Waals surface area contributed by atoms with Crippen molar-refractivity contribution in [2.75, 3.05) is 0 Å². The molecule has 17 heavy (non-hydrogen) atoms. The van der Waals surface area contributed by atoms with Crippen molar-refractivity contribution in [1.82, 2.24) is 4.90 Å². The zero-order chi connectivity index (χ0) is 12.8. The molecule has 100 valence electrons. The van der Waals surface area contributed by atoms with Crippen molar-refractivity contribution in [2.24, 2.45) is 0 Å². The van der Waals surface area contributed by atoms with E-state index in [-0.39, 0.29) is 12.2 Å². The second-order valence-corrected chi connectivity index (χ2v) is 5.27. The monoisotopic (exact) mass is 241 g/mol. The molecule has 1 aliphatic heterocycles. The summed E-state index contributed by atoms with van der Waals surface area (Å²) >= 11 is 0. The van der Waals surface area contributed by atoms with Crippen molar-refractivity contribution in [3.8, 4) is 0 Å². The molecule has 0 spiro atoms. The standard InChI is InChI=1S/C14H27NO2/c1-5-7-13(8-6-2)17-14(16)15-11(3)9-10-12(15)4/h11-13H,5-10H2,1-4H3. The van der Waals surface area contributed by atoms with Gasteiger partial charge in [0, 0.05) is 12.1 Å². The van der Waals surface area contributed by atoms with Crippen LogP contribution in [0.1, 0.15) is 66.2 Å². The summed E-state index contributed by atoms with van der Waals surface area (Å²) < 4.78 is 5.64. The number of carbonyl (C=O) groups is 1. The fraction of sp³-hybridized carbons (Fsp3) is 0.929. The third-order valence-electron chi connectivity index (χ3n) is 3.65. The summed E-state index contributed by atoms with van der Waals surface area (Å²) in [5.41, 5.74) is 0. The average molecular weight is 241 g/mol.